The van der Waals surface area contributed by atoms with E-state index < -0.39 is 0 Å². The monoisotopic (exact) mass is 328 g/mol. The molecule has 0 aliphatic carbocycles. The number of hydrogen-bond donors (Lipinski definition) is 2. The number of nitrogens with two attached hydrogens (primary N) is 1. The number of aryl methyl sites for hydroxylation is 1. The summed E-state index contributed by atoms with van der Waals surface area (Å²) in [7, 11) is 1.67. The third kappa shape index (κ3) is 5.69. The van der Waals surface area contributed by atoms with E-state index in [0.29, 0.717) is 12.5 Å². The van der Waals surface area contributed by atoms with Crippen molar-refractivity contribution in [1.29, 1.82) is 0 Å². The lowest BCUT2D eigenvalue weighted by Gasteiger charge is -2.12. The number of hydrogen-bond acceptors (Lipinski definition) is 4. The van der Waals surface area contributed by atoms with Crippen LogP contribution in [0.3, 0.4) is 0 Å². The first-order valence-electron chi connectivity index (χ1n) is 8.47. The summed E-state index contributed by atoms with van der Waals surface area (Å²) >= 11 is 0. The van der Waals surface area contributed by atoms with Crippen LogP contribution in [0.1, 0.15) is 25.8 Å². The summed E-state index contributed by atoms with van der Waals surface area (Å²) in [6, 6.07) is 14.1. The SMILES string of the molecule is COc1ccc(NCCCc2ccc(OCC(C)C)c(N)c2)cc1. The minimum Gasteiger partial charge on any atom is -0.497 e. The Labute approximate surface area is 145 Å². The zero-order valence-electron chi connectivity index (χ0n) is 14.8. The molecule has 0 bridgehead atoms. The third-order valence-corrected chi connectivity index (χ3v) is 3.71. The molecule has 2 aromatic carbocycles. The minimum atomic E-state index is 0.494. The van der Waals surface area contributed by atoms with Crippen LogP contribution in [0, 0.1) is 5.92 Å². The van der Waals surface area contributed by atoms with E-state index in [-0.39, 0.29) is 0 Å². The summed E-state index contributed by atoms with van der Waals surface area (Å²) in [5, 5.41) is 3.41. The van der Waals surface area contributed by atoms with Crippen molar-refractivity contribution in [1.82, 2.24) is 0 Å². The molecular formula is C20H28N2O2. The van der Waals surface area contributed by atoms with Gasteiger partial charge in [0.25, 0.3) is 0 Å². The number of methoxy groups -OCH3 is 1. The van der Waals surface area contributed by atoms with E-state index in [1.165, 1.54) is 5.56 Å². The van der Waals surface area contributed by atoms with Crippen LogP contribution in [0.15, 0.2) is 42.5 Å². The Hall–Kier alpha value is -2.36. The molecule has 24 heavy (non-hydrogen) atoms. The van der Waals surface area contributed by atoms with Crippen LogP contribution >= 0.6 is 0 Å². The molecule has 0 amide bonds. The molecule has 4 nitrogen and oxygen atoms in total. The van der Waals surface area contributed by atoms with Gasteiger partial charge in [0.1, 0.15) is 11.5 Å². The highest BCUT2D eigenvalue weighted by Crippen LogP contribution is 2.24. The number of ether oxygens (including phenoxy) is 2. The Balaban J connectivity index is 1.76. The molecule has 0 unspecified atom stereocenters. The van der Waals surface area contributed by atoms with Crippen molar-refractivity contribution in [2.45, 2.75) is 26.7 Å². The van der Waals surface area contributed by atoms with Crippen LogP contribution in [0.5, 0.6) is 11.5 Å². The van der Waals surface area contributed by atoms with E-state index in [4.69, 9.17) is 15.2 Å². The predicted molar refractivity (Wildman–Crippen MR) is 101 cm³/mol. The highest BCUT2D eigenvalue weighted by molar-refractivity contribution is 5.54. The molecule has 3 N–H and O–H groups in total. The molecule has 0 aliphatic rings. The maximum atomic E-state index is 6.08. The van der Waals surface area contributed by atoms with Crippen LogP contribution in [-0.4, -0.2) is 20.3 Å². The van der Waals surface area contributed by atoms with Crippen molar-refractivity contribution in [3.05, 3.63) is 48.0 Å². The normalized spacial score (nSPS) is 10.7. The Morgan fingerprint density at radius 1 is 1.08 bits per heavy atom. The molecule has 0 heterocycles. The topological polar surface area (TPSA) is 56.5 Å². The summed E-state index contributed by atoms with van der Waals surface area (Å²) in [6.07, 6.45) is 2.02. The van der Waals surface area contributed by atoms with Gasteiger partial charge in [-0.15, -0.1) is 0 Å². The number of benzene rings is 2. The highest BCUT2D eigenvalue weighted by atomic mass is 16.5. The molecule has 4 heteroatoms. The average Bonchev–Trinajstić information content (AvgIpc) is 2.58. The first-order valence-corrected chi connectivity index (χ1v) is 8.47. The van der Waals surface area contributed by atoms with Crippen LogP contribution in [-0.2, 0) is 6.42 Å². The van der Waals surface area contributed by atoms with Gasteiger partial charge in [-0.25, -0.2) is 0 Å². The summed E-state index contributed by atoms with van der Waals surface area (Å²) < 4.78 is 10.9. The minimum absolute atomic E-state index is 0.494. The Morgan fingerprint density at radius 3 is 2.46 bits per heavy atom. The van der Waals surface area contributed by atoms with Gasteiger partial charge in [-0.1, -0.05) is 19.9 Å². The van der Waals surface area contributed by atoms with Gasteiger partial charge in [-0.2, -0.15) is 0 Å². The fourth-order valence-electron chi connectivity index (χ4n) is 2.38. The highest BCUT2D eigenvalue weighted by Gasteiger charge is 2.04. The van der Waals surface area contributed by atoms with Gasteiger partial charge in [0.15, 0.2) is 0 Å². The largest absolute Gasteiger partial charge is 0.497 e. The van der Waals surface area contributed by atoms with Crippen molar-refractivity contribution in [3.8, 4) is 11.5 Å². The van der Waals surface area contributed by atoms with E-state index >= 15 is 0 Å². The Kier molecular flexibility index (Phi) is 6.79. The zero-order valence-corrected chi connectivity index (χ0v) is 14.8. The zero-order chi connectivity index (χ0) is 17.4. The third-order valence-electron chi connectivity index (χ3n) is 3.71. The van der Waals surface area contributed by atoms with E-state index in [0.717, 1.165) is 42.3 Å². The molecular weight excluding hydrogens is 300 g/mol. The van der Waals surface area contributed by atoms with Gasteiger partial charge in [0.05, 0.1) is 19.4 Å². The summed E-state index contributed by atoms with van der Waals surface area (Å²) in [4.78, 5) is 0. The van der Waals surface area contributed by atoms with E-state index in [9.17, 15) is 0 Å². The molecule has 0 spiro atoms. The smallest absolute Gasteiger partial charge is 0.142 e. The van der Waals surface area contributed by atoms with Gasteiger partial charge >= 0.3 is 0 Å². The number of nitrogens with one attached hydrogen (secondary N) is 1. The van der Waals surface area contributed by atoms with Gasteiger partial charge in [-0.05, 0) is 60.7 Å². The fraction of sp³-hybridized carbons (Fsp3) is 0.400. The molecule has 2 rings (SSSR count). The molecule has 0 fully saturated rings. The summed E-state index contributed by atoms with van der Waals surface area (Å²) in [5.41, 5.74) is 9.14. The van der Waals surface area contributed by atoms with Crippen molar-refractivity contribution in [3.63, 3.8) is 0 Å². The van der Waals surface area contributed by atoms with Gasteiger partial charge in [-0.3, -0.25) is 0 Å². The van der Waals surface area contributed by atoms with Gasteiger partial charge in [0, 0.05) is 12.2 Å². The Morgan fingerprint density at radius 2 is 1.83 bits per heavy atom. The standard InChI is InChI=1S/C20H28N2O2/c1-15(2)14-24-20-11-6-16(13-19(20)21)5-4-12-22-17-7-9-18(23-3)10-8-17/h6-11,13,15,22H,4-5,12,14,21H2,1-3H3. The van der Waals surface area contributed by atoms with Crippen LogP contribution in [0.4, 0.5) is 11.4 Å². The Bertz CT molecular complexity index is 624. The van der Waals surface area contributed by atoms with Gasteiger partial charge < -0.3 is 20.5 Å². The molecule has 130 valence electrons. The molecule has 2 aromatic rings. The van der Waals surface area contributed by atoms with Crippen molar-refractivity contribution in [2.75, 3.05) is 31.3 Å². The lowest BCUT2D eigenvalue weighted by Crippen LogP contribution is -2.07. The molecule has 0 aromatic heterocycles. The van der Waals surface area contributed by atoms with Gasteiger partial charge in [0.2, 0.25) is 0 Å². The summed E-state index contributed by atoms with van der Waals surface area (Å²) in [6.45, 7) is 5.86. The lowest BCUT2D eigenvalue weighted by atomic mass is 10.1. The summed E-state index contributed by atoms with van der Waals surface area (Å²) in [5.74, 6) is 2.15. The molecule has 0 atom stereocenters. The second-order valence-electron chi connectivity index (χ2n) is 6.34. The average molecular weight is 328 g/mol. The van der Waals surface area contributed by atoms with Crippen LogP contribution in [0.25, 0.3) is 0 Å². The van der Waals surface area contributed by atoms with E-state index in [1.54, 1.807) is 7.11 Å². The maximum Gasteiger partial charge on any atom is 0.142 e. The van der Waals surface area contributed by atoms with Crippen LogP contribution < -0.4 is 20.5 Å². The number of nitrogen functional groups attached to an aromatic ring is 1. The maximum absolute atomic E-state index is 6.08. The lowest BCUT2D eigenvalue weighted by molar-refractivity contribution is 0.272. The predicted octanol–water partition coefficient (Wildman–Crippen LogP) is 4.36. The molecule has 0 radical (unpaired) electrons. The molecule has 0 aliphatic heterocycles. The number of rotatable bonds is 9. The van der Waals surface area contributed by atoms with Crippen molar-refractivity contribution >= 4 is 11.4 Å². The first kappa shape index (κ1) is 18.0. The van der Waals surface area contributed by atoms with Crippen molar-refractivity contribution < 1.29 is 9.47 Å². The molecule has 0 saturated carbocycles. The van der Waals surface area contributed by atoms with E-state index in [2.05, 4.69) is 25.2 Å². The fourth-order valence-corrected chi connectivity index (χ4v) is 2.38. The first-order chi connectivity index (χ1) is 11.6. The second-order valence-corrected chi connectivity index (χ2v) is 6.34. The van der Waals surface area contributed by atoms with Crippen LogP contribution in [0.2, 0.25) is 0 Å². The van der Waals surface area contributed by atoms with Crippen molar-refractivity contribution in [2.24, 2.45) is 5.92 Å². The second kappa shape index (κ2) is 9.06. The quantitative estimate of drug-likeness (QED) is 0.530. The molecule has 0 saturated heterocycles. The number of anilines is 2. The van der Waals surface area contributed by atoms with E-state index in [1.807, 2.05) is 36.4 Å².